The molecular weight excluding hydrogens is 210 g/mol. The molecule has 2 rings (SSSR count). The van der Waals surface area contributed by atoms with Gasteiger partial charge in [0.1, 0.15) is 5.82 Å². The summed E-state index contributed by atoms with van der Waals surface area (Å²) in [7, 11) is 2.07. The third-order valence-electron chi connectivity index (χ3n) is 4.01. The number of H-pyrrole nitrogens is 1. The van der Waals surface area contributed by atoms with Crippen molar-refractivity contribution in [1.29, 1.82) is 0 Å². The maximum absolute atomic E-state index is 4.80. The largest absolute Gasteiger partial charge is 0.346 e. The van der Waals surface area contributed by atoms with Crippen LogP contribution in [0.4, 0.5) is 0 Å². The van der Waals surface area contributed by atoms with E-state index < -0.39 is 0 Å². The van der Waals surface area contributed by atoms with Gasteiger partial charge in [-0.3, -0.25) is 0 Å². The zero-order chi connectivity index (χ0) is 12.3. The van der Waals surface area contributed by atoms with Crippen LogP contribution in [0.2, 0.25) is 0 Å². The van der Waals surface area contributed by atoms with E-state index in [1.54, 1.807) is 0 Å². The van der Waals surface area contributed by atoms with Gasteiger partial charge < -0.3 is 10.3 Å². The molecule has 1 fully saturated rings. The summed E-state index contributed by atoms with van der Waals surface area (Å²) < 4.78 is 0. The van der Waals surface area contributed by atoms with E-state index in [-0.39, 0.29) is 0 Å². The van der Waals surface area contributed by atoms with Gasteiger partial charge in [-0.1, -0.05) is 13.3 Å². The maximum atomic E-state index is 4.80. The van der Waals surface area contributed by atoms with Crippen LogP contribution in [0, 0.1) is 6.92 Å². The van der Waals surface area contributed by atoms with Gasteiger partial charge in [0.15, 0.2) is 0 Å². The molecule has 0 bridgehead atoms. The molecule has 1 heterocycles. The third-order valence-corrected chi connectivity index (χ3v) is 4.01. The first-order valence-corrected chi connectivity index (χ1v) is 6.97. The summed E-state index contributed by atoms with van der Waals surface area (Å²) >= 11 is 0. The first-order valence-electron chi connectivity index (χ1n) is 6.97. The molecule has 1 saturated carbocycles. The number of imidazole rings is 1. The molecule has 0 radical (unpaired) electrons. The fourth-order valence-electron chi connectivity index (χ4n) is 2.85. The SMILES string of the molecule is CCCc1nc(C2CCC(NC)CC2)[nH]c1C. The van der Waals surface area contributed by atoms with E-state index in [4.69, 9.17) is 4.98 Å². The molecular formula is C14H25N3. The first kappa shape index (κ1) is 12.6. The Bertz CT molecular complexity index is 348. The highest BCUT2D eigenvalue weighted by atomic mass is 14.9. The molecule has 0 aromatic carbocycles. The average Bonchev–Trinajstić information content (AvgIpc) is 2.72. The van der Waals surface area contributed by atoms with Crippen molar-refractivity contribution in [3.63, 3.8) is 0 Å². The second kappa shape index (κ2) is 5.67. The molecule has 0 aliphatic heterocycles. The Labute approximate surface area is 104 Å². The Morgan fingerprint density at radius 3 is 2.59 bits per heavy atom. The van der Waals surface area contributed by atoms with Crippen molar-refractivity contribution in [1.82, 2.24) is 15.3 Å². The first-order chi connectivity index (χ1) is 8.24. The number of nitrogens with one attached hydrogen (secondary N) is 2. The van der Waals surface area contributed by atoms with Crippen molar-refractivity contribution >= 4 is 0 Å². The number of rotatable bonds is 4. The normalized spacial score (nSPS) is 25.1. The van der Waals surface area contributed by atoms with Crippen LogP contribution in [0.1, 0.15) is 62.2 Å². The van der Waals surface area contributed by atoms with Crippen molar-refractivity contribution < 1.29 is 0 Å². The summed E-state index contributed by atoms with van der Waals surface area (Å²) in [5, 5.41) is 3.38. The van der Waals surface area contributed by atoms with Crippen LogP contribution in [-0.4, -0.2) is 23.1 Å². The van der Waals surface area contributed by atoms with Crippen LogP contribution in [0.15, 0.2) is 0 Å². The standard InChI is InChI=1S/C14H25N3/c1-4-5-13-10(2)16-14(17-13)11-6-8-12(15-3)9-7-11/h11-12,15H,4-9H2,1-3H3,(H,16,17). The van der Waals surface area contributed by atoms with Crippen molar-refractivity contribution in [2.24, 2.45) is 0 Å². The molecule has 0 unspecified atom stereocenters. The van der Waals surface area contributed by atoms with Gasteiger partial charge in [0.25, 0.3) is 0 Å². The second-order valence-electron chi connectivity index (χ2n) is 5.28. The van der Waals surface area contributed by atoms with E-state index >= 15 is 0 Å². The number of aryl methyl sites for hydroxylation is 2. The lowest BCUT2D eigenvalue weighted by atomic mass is 9.85. The Morgan fingerprint density at radius 2 is 2.00 bits per heavy atom. The van der Waals surface area contributed by atoms with E-state index in [9.17, 15) is 0 Å². The highest BCUT2D eigenvalue weighted by Crippen LogP contribution is 2.31. The molecule has 1 aromatic rings. The molecule has 0 spiro atoms. The predicted octanol–water partition coefficient (Wildman–Crippen LogP) is 2.92. The fraction of sp³-hybridized carbons (Fsp3) is 0.786. The van der Waals surface area contributed by atoms with Gasteiger partial charge >= 0.3 is 0 Å². The maximum Gasteiger partial charge on any atom is 0.109 e. The van der Waals surface area contributed by atoms with Crippen molar-refractivity contribution in [2.45, 2.75) is 64.3 Å². The summed E-state index contributed by atoms with van der Waals surface area (Å²) in [6.07, 6.45) is 7.38. The Hall–Kier alpha value is -0.830. The topological polar surface area (TPSA) is 40.7 Å². The summed E-state index contributed by atoms with van der Waals surface area (Å²) in [6, 6.07) is 0.720. The number of nitrogens with zero attached hydrogens (tertiary/aromatic N) is 1. The van der Waals surface area contributed by atoms with Gasteiger partial charge in [-0.15, -0.1) is 0 Å². The van der Waals surface area contributed by atoms with Crippen LogP contribution in [0.25, 0.3) is 0 Å². The summed E-state index contributed by atoms with van der Waals surface area (Å²) in [6.45, 7) is 4.37. The van der Waals surface area contributed by atoms with Crippen molar-refractivity contribution in [3.8, 4) is 0 Å². The van der Waals surface area contributed by atoms with Gasteiger partial charge in [-0.2, -0.15) is 0 Å². The van der Waals surface area contributed by atoms with E-state index in [1.165, 1.54) is 49.3 Å². The summed E-state index contributed by atoms with van der Waals surface area (Å²) in [5.74, 6) is 1.89. The lowest BCUT2D eigenvalue weighted by molar-refractivity contribution is 0.351. The lowest BCUT2D eigenvalue weighted by Gasteiger charge is -2.26. The number of hydrogen-bond donors (Lipinski definition) is 2. The minimum atomic E-state index is 0.656. The molecule has 96 valence electrons. The molecule has 17 heavy (non-hydrogen) atoms. The highest BCUT2D eigenvalue weighted by Gasteiger charge is 2.23. The Balaban J connectivity index is 2.00. The smallest absolute Gasteiger partial charge is 0.109 e. The molecule has 1 aliphatic carbocycles. The number of aromatic nitrogens is 2. The number of hydrogen-bond acceptors (Lipinski definition) is 2. The van der Waals surface area contributed by atoms with E-state index in [1.807, 2.05) is 0 Å². The molecule has 0 amide bonds. The molecule has 0 atom stereocenters. The van der Waals surface area contributed by atoms with Crippen LogP contribution < -0.4 is 5.32 Å². The lowest BCUT2D eigenvalue weighted by Crippen LogP contribution is -2.29. The Kier molecular flexibility index (Phi) is 4.21. The average molecular weight is 235 g/mol. The highest BCUT2D eigenvalue weighted by molar-refractivity contribution is 5.16. The van der Waals surface area contributed by atoms with Crippen molar-refractivity contribution in [3.05, 3.63) is 17.2 Å². The van der Waals surface area contributed by atoms with Crippen LogP contribution in [0.3, 0.4) is 0 Å². The zero-order valence-electron chi connectivity index (χ0n) is 11.3. The molecule has 0 saturated heterocycles. The monoisotopic (exact) mass is 235 g/mol. The van der Waals surface area contributed by atoms with Gasteiger partial charge in [0.05, 0.1) is 5.69 Å². The molecule has 3 nitrogen and oxygen atoms in total. The number of aromatic amines is 1. The van der Waals surface area contributed by atoms with E-state index in [0.717, 1.165) is 12.5 Å². The van der Waals surface area contributed by atoms with E-state index in [0.29, 0.717) is 5.92 Å². The van der Waals surface area contributed by atoms with Gasteiger partial charge in [0, 0.05) is 17.7 Å². The molecule has 3 heteroatoms. The quantitative estimate of drug-likeness (QED) is 0.842. The van der Waals surface area contributed by atoms with Crippen LogP contribution >= 0.6 is 0 Å². The second-order valence-corrected chi connectivity index (χ2v) is 5.28. The summed E-state index contributed by atoms with van der Waals surface area (Å²) in [5.41, 5.74) is 2.55. The Morgan fingerprint density at radius 1 is 1.29 bits per heavy atom. The van der Waals surface area contributed by atoms with E-state index in [2.05, 4.69) is 31.2 Å². The fourth-order valence-corrected chi connectivity index (χ4v) is 2.85. The van der Waals surface area contributed by atoms with Gasteiger partial charge in [0.2, 0.25) is 0 Å². The molecule has 1 aliphatic rings. The van der Waals surface area contributed by atoms with Gasteiger partial charge in [-0.05, 0) is 46.1 Å². The third kappa shape index (κ3) is 2.89. The minimum absolute atomic E-state index is 0.656. The van der Waals surface area contributed by atoms with Crippen LogP contribution in [0.5, 0.6) is 0 Å². The molecule has 2 N–H and O–H groups in total. The minimum Gasteiger partial charge on any atom is -0.346 e. The summed E-state index contributed by atoms with van der Waals surface area (Å²) in [4.78, 5) is 8.30. The predicted molar refractivity (Wildman–Crippen MR) is 71.4 cm³/mol. The molecule has 1 aromatic heterocycles. The van der Waals surface area contributed by atoms with Crippen LogP contribution in [-0.2, 0) is 6.42 Å². The van der Waals surface area contributed by atoms with Crippen molar-refractivity contribution in [2.75, 3.05) is 7.05 Å². The van der Waals surface area contributed by atoms with Gasteiger partial charge in [-0.25, -0.2) is 4.98 Å². The zero-order valence-corrected chi connectivity index (χ0v) is 11.3.